The molecule has 28 heavy (non-hydrogen) atoms. The van der Waals surface area contributed by atoms with Gasteiger partial charge in [0.05, 0.1) is 10.6 Å². The summed E-state index contributed by atoms with van der Waals surface area (Å²) >= 11 is 1.33. The molecule has 0 atom stereocenters. The summed E-state index contributed by atoms with van der Waals surface area (Å²) in [5.74, 6) is -0.473. The van der Waals surface area contributed by atoms with Gasteiger partial charge >= 0.3 is 0 Å². The largest absolute Gasteiger partial charge is 0.313 e. The van der Waals surface area contributed by atoms with Crippen molar-refractivity contribution in [2.24, 2.45) is 4.40 Å². The van der Waals surface area contributed by atoms with Crippen LogP contribution in [0.15, 0.2) is 69.3 Å². The molecule has 4 nitrogen and oxygen atoms in total. The lowest BCUT2D eigenvalue weighted by Crippen LogP contribution is -2.25. The van der Waals surface area contributed by atoms with Gasteiger partial charge in [-0.05, 0) is 42.7 Å². The fourth-order valence-corrected chi connectivity index (χ4v) is 5.83. The highest BCUT2D eigenvalue weighted by atomic mass is 32.2. The van der Waals surface area contributed by atoms with E-state index in [0.29, 0.717) is 4.80 Å². The summed E-state index contributed by atoms with van der Waals surface area (Å²) in [4.78, 5) is 0.467. The molecule has 1 saturated carbocycles. The molecule has 0 radical (unpaired) electrons. The number of halogens is 1. The standard InChI is InChI=1S/C21H21FN2O2S2/c22-17-11-13-19(14-12-17)28(25,26)23-21-24(18-9-5-2-6-10-18)20(15-27-21)16-7-3-1-4-8-16/h1,3-4,7-8,11-15,18H,2,5-6,9-10H2/b23-21+. The molecule has 1 aliphatic carbocycles. The normalized spacial score (nSPS) is 16.4. The number of thiazole rings is 1. The predicted molar refractivity (Wildman–Crippen MR) is 109 cm³/mol. The summed E-state index contributed by atoms with van der Waals surface area (Å²) in [7, 11) is -3.91. The van der Waals surface area contributed by atoms with Crippen molar-refractivity contribution in [1.29, 1.82) is 0 Å². The quantitative estimate of drug-likeness (QED) is 0.591. The maximum atomic E-state index is 13.2. The average molecular weight is 417 g/mol. The van der Waals surface area contributed by atoms with Gasteiger partial charge in [0.1, 0.15) is 5.82 Å². The van der Waals surface area contributed by atoms with Gasteiger partial charge in [0.15, 0.2) is 0 Å². The minimum absolute atomic E-state index is 0.00115. The molecular weight excluding hydrogens is 395 g/mol. The van der Waals surface area contributed by atoms with E-state index in [1.54, 1.807) is 0 Å². The Morgan fingerprint density at radius 3 is 2.32 bits per heavy atom. The first-order chi connectivity index (χ1) is 13.5. The van der Waals surface area contributed by atoms with E-state index >= 15 is 0 Å². The monoisotopic (exact) mass is 416 g/mol. The smallest absolute Gasteiger partial charge is 0.285 e. The molecule has 0 saturated heterocycles. The Morgan fingerprint density at radius 1 is 0.964 bits per heavy atom. The van der Waals surface area contributed by atoms with Crippen LogP contribution in [-0.2, 0) is 10.0 Å². The van der Waals surface area contributed by atoms with Crippen LogP contribution in [0.25, 0.3) is 11.3 Å². The molecule has 7 heteroatoms. The molecule has 0 N–H and O–H groups in total. The number of hydrogen-bond acceptors (Lipinski definition) is 3. The van der Waals surface area contributed by atoms with Crippen molar-refractivity contribution >= 4 is 21.4 Å². The molecule has 1 aromatic heterocycles. The van der Waals surface area contributed by atoms with Crippen molar-refractivity contribution < 1.29 is 12.8 Å². The molecule has 1 heterocycles. The minimum Gasteiger partial charge on any atom is -0.313 e. The van der Waals surface area contributed by atoms with Gasteiger partial charge in [-0.25, -0.2) is 4.39 Å². The van der Waals surface area contributed by atoms with Crippen LogP contribution in [0.5, 0.6) is 0 Å². The molecule has 3 aromatic rings. The Morgan fingerprint density at radius 2 is 1.64 bits per heavy atom. The van der Waals surface area contributed by atoms with E-state index in [2.05, 4.69) is 8.96 Å². The average Bonchev–Trinajstić information content (AvgIpc) is 3.12. The molecule has 2 aromatic carbocycles. The van der Waals surface area contributed by atoms with E-state index in [0.717, 1.165) is 49.1 Å². The number of nitrogens with zero attached hydrogens (tertiary/aromatic N) is 2. The predicted octanol–water partition coefficient (Wildman–Crippen LogP) is 5.15. The van der Waals surface area contributed by atoms with Gasteiger partial charge in [0.25, 0.3) is 10.0 Å². The molecule has 0 aliphatic heterocycles. The Hall–Kier alpha value is -2.25. The van der Waals surface area contributed by atoms with Crippen molar-refractivity contribution in [3.05, 3.63) is 70.6 Å². The maximum Gasteiger partial charge on any atom is 0.285 e. The summed E-state index contributed by atoms with van der Waals surface area (Å²) in [5, 5.41) is 1.98. The molecule has 4 rings (SSSR count). The summed E-state index contributed by atoms with van der Waals surface area (Å²) < 4.78 is 45.0. The highest BCUT2D eigenvalue weighted by Gasteiger charge is 2.22. The van der Waals surface area contributed by atoms with Gasteiger partial charge in [0, 0.05) is 11.4 Å². The molecule has 0 spiro atoms. The molecule has 146 valence electrons. The third-order valence-electron chi connectivity index (χ3n) is 5.06. The number of benzene rings is 2. The zero-order valence-corrected chi connectivity index (χ0v) is 16.9. The molecule has 0 amide bonds. The summed E-state index contributed by atoms with van der Waals surface area (Å²) in [6.07, 6.45) is 5.50. The van der Waals surface area contributed by atoms with Crippen molar-refractivity contribution in [3.8, 4) is 11.3 Å². The lowest BCUT2D eigenvalue weighted by molar-refractivity contribution is 0.351. The van der Waals surface area contributed by atoms with Crippen LogP contribution in [0.2, 0.25) is 0 Å². The van der Waals surface area contributed by atoms with E-state index in [9.17, 15) is 12.8 Å². The Kier molecular flexibility index (Phi) is 5.46. The first kappa shape index (κ1) is 19.1. The van der Waals surface area contributed by atoms with E-state index < -0.39 is 15.8 Å². The zero-order valence-electron chi connectivity index (χ0n) is 15.3. The number of sulfonamides is 1. The highest BCUT2D eigenvalue weighted by Crippen LogP contribution is 2.32. The second-order valence-corrected chi connectivity index (χ2v) is 9.39. The van der Waals surface area contributed by atoms with Crippen molar-refractivity contribution in [1.82, 2.24) is 4.57 Å². The highest BCUT2D eigenvalue weighted by molar-refractivity contribution is 7.90. The number of rotatable bonds is 4. The van der Waals surface area contributed by atoms with Crippen molar-refractivity contribution in [3.63, 3.8) is 0 Å². The lowest BCUT2D eigenvalue weighted by Gasteiger charge is -2.25. The first-order valence-corrected chi connectivity index (χ1v) is 11.7. The van der Waals surface area contributed by atoms with Crippen LogP contribution >= 0.6 is 11.3 Å². The van der Waals surface area contributed by atoms with E-state index in [1.807, 2.05) is 35.7 Å². The van der Waals surface area contributed by atoms with Crippen molar-refractivity contribution in [2.75, 3.05) is 0 Å². The molecule has 1 aliphatic rings. The van der Waals surface area contributed by atoms with Crippen LogP contribution in [0.3, 0.4) is 0 Å². The molecule has 1 fully saturated rings. The fourth-order valence-electron chi connectivity index (χ4n) is 3.66. The van der Waals surface area contributed by atoms with E-state index in [-0.39, 0.29) is 10.9 Å². The van der Waals surface area contributed by atoms with Crippen LogP contribution < -0.4 is 4.80 Å². The Labute approximate surface area is 168 Å². The number of aromatic nitrogens is 1. The summed E-state index contributed by atoms with van der Waals surface area (Å²) in [5.41, 5.74) is 2.04. The van der Waals surface area contributed by atoms with Gasteiger partial charge < -0.3 is 4.57 Å². The fraction of sp³-hybridized carbons (Fsp3) is 0.286. The van der Waals surface area contributed by atoms with Gasteiger partial charge in [-0.2, -0.15) is 8.42 Å². The SMILES string of the molecule is O=S(=O)(/N=c1/scc(-c2ccccc2)n1C1CCCCC1)c1ccc(F)cc1. The number of hydrogen-bond donors (Lipinski definition) is 0. The molecular formula is C21H21FN2O2S2. The summed E-state index contributed by atoms with van der Waals surface area (Å²) in [6, 6.07) is 15.0. The molecule has 0 bridgehead atoms. The van der Waals surface area contributed by atoms with Crippen molar-refractivity contribution in [2.45, 2.75) is 43.0 Å². The van der Waals surface area contributed by atoms with E-state index in [1.165, 1.54) is 29.9 Å². The Bertz CT molecular complexity index is 1110. The van der Waals surface area contributed by atoms with Crippen LogP contribution in [0.4, 0.5) is 4.39 Å². The van der Waals surface area contributed by atoms with Crippen LogP contribution in [0.1, 0.15) is 38.1 Å². The topological polar surface area (TPSA) is 51.4 Å². The van der Waals surface area contributed by atoms with Gasteiger partial charge in [-0.1, -0.05) is 49.6 Å². The van der Waals surface area contributed by atoms with Crippen LogP contribution in [0, 0.1) is 5.82 Å². The molecule has 0 unspecified atom stereocenters. The third-order valence-corrected chi connectivity index (χ3v) is 7.30. The lowest BCUT2D eigenvalue weighted by atomic mass is 9.95. The van der Waals surface area contributed by atoms with Gasteiger partial charge in [-0.15, -0.1) is 15.7 Å². The van der Waals surface area contributed by atoms with Crippen LogP contribution in [-0.4, -0.2) is 13.0 Å². The second kappa shape index (κ2) is 8.01. The minimum atomic E-state index is -3.91. The zero-order chi connectivity index (χ0) is 19.6. The van der Waals surface area contributed by atoms with Gasteiger partial charge in [-0.3, -0.25) is 0 Å². The third kappa shape index (κ3) is 3.95. The first-order valence-electron chi connectivity index (χ1n) is 9.37. The summed E-state index contributed by atoms with van der Waals surface area (Å²) in [6.45, 7) is 0. The van der Waals surface area contributed by atoms with Gasteiger partial charge in [0.2, 0.25) is 4.80 Å². The second-order valence-electron chi connectivity index (χ2n) is 6.95. The van der Waals surface area contributed by atoms with E-state index in [4.69, 9.17) is 0 Å². The Balaban J connectivity index is 1.85. The maximum absolute atomic E-state index is 13.2.